The van der Waals surface area contributed by atoms with Gasteiger partial charge < -0.3 is 5.73 Å². The van der Waals surface area contributed by atoms with Gasteiger partial charge in [-0.2, -0.15) is 0 Å². The lowest BCUT2D eigenvalue weighted by Crippen LogP contribution is -1.82. The summed E-state index contributed by atoms with van der Waals surface area (Å²) < 4.78 is 1.07. The van der Waals surface area contributed by atoms with E-state index >= 15 is 0 Å². The molecule has 2 heterocycles. The number of fused-ring (bicyclic) bond motifs is 1. The third-order valence-electron chi connectivity index (χ3n) is 2.43. The van der Waals surface area contributed by atoms with Crippen LogP contribution in [0.2, 0.25) is 5.02 Å². The molecule has 0 amide bonds. The molecule has 1 aromatic carbocycles. The normalized spacial score (nSPS) is 10.3. The van der Waals surface area contributed by atoms with Crippen molar-refractivity contribution >= 4 is 50.7 Å². The number of hydrogen-bond donors (Lipinski definition) is 1. The molecule has 0 saturated carbocycles. The second-order valence-electron chi connectivity index (χ2n) is 3.60. The van der Waals surface area contributed by atoms with E-state index in [2.05, 4.69) is 9.97 Å². The molecule has 0 aliphatic heterocycles. The molecule has 92 valence electrons. The Bertz CT molecular complexity index is 679. The van der Waals surface area contributed by atoms with Crippen molar-refractivity contribution in [2.45, 2.75) is 0 Å². The fraction of sp³-hybridized carbons (Fsp3) is 0. The number of hydrogen-bond acceptors (Lipinski definition) is 4. The number of anilines is 1. The molecule has 6 heteroatoms. The predicted octanol–water partition coefficient (Wildman–Crippen LogP) is 4.02. The number of thiazole rings is 1. The van der Waals surface area contributed by atoms with Crippen LogP contribution < -0.4 is 5.73 Å². The van der Waals surface area contributed by atoms with Crippen molar-refractivity contribution in [3.8, 4) is 11.3 Å². The van der Waals surface area contributed by atoms with Gasteiger partial charge in [-0.1, -0.05) is 29.0 Å². The van der Waals surface area contributed by atoms with Gasteiger partial charge >= 0.3 is 0 Å². The van der Waals surface area contributed by atoms with Crippen molar-refractivity contribution < 1.29 is 0 Å². The zero-order chi connectivity index (χ0) is 11.8. The lowest BCUT2D eigenvalue weighted by Gasteiger charge is -2.00. The van der Waals surface area contributed by atoms with Gasteiger partial charge in [0.1, 0.15) is 0 Å². The van der Waals surface area contributed by atoms with Crippen LogP contribution in [0.4, 0.5) is 5.13 Å². The largest absolute Gasteiger partial charge is 0.375 e. The average molecular weight is 298 g/mol. The molecule has 0 bridgehead atoms. The predicted molar refractivity (Wildman–Crippen MR) is 79.5 cm³/mol. The van der Waals surface area contributed by atoms with Gasteiger partial charge in [0.05, 0.1) is 20.9 Å². The van der Waals surface area contributed by atoms with Gasteiger partial charge in [-0.3, -0.25) is 4.98 Å². The van der Waals surface area contributed by atoms with Crippen molar-refractivity contribution in [3.05, 3.63) is 41.6 Å². The van der Waals surface area contributed by atoms with Crippen LogP contribution in [-0.4, -0.2) is 9.97 Å². The monoisotopic (exact) mass is 297 g/mol. The molecule has 3 aromatic rings. The molecule has 3 rings (SSSR count). The van der Waals surface area contributed by atoms with Crippen LogP contribution >= 0.6 is 35.3 Å². The number of benzene rings is 1. The minimum absolute atomic E-state index is 0. The van der Waals surface area contributed by atoms with Crippen molar-refractivity contribution in [2.24, 2.45) is 0 Å². The number of nitrogens with two attached hydrogens (primary N) is 1. The van der Waals surface area contributed by atoms with Gasteiger partial charge in [0.25, 0.3) is 0 Å². The van der Waals surface area contributed by atoms with E-state index in [1.807, 2.05) is 30.3 Å². The second kappa shape index (κ2) is 5.10. The second-order valence-corrected chi connectivity index (χ2v) is 5.09. The van der Waals surface area contributed by atoms with Crippen molar-refractivity contribution in [2.75, 3.05) is 5.73 Å². The summed E-state index contributed by atoms with van der Waals surface area (Å²) in [7, 11) is 0. The molecule has 18 heavy (non-hydrogen) atoms. The molecule has 0 aliphatic carbocycles. The Hall–Kier alpha value is -1.36. The number of nitrogens with zero attached hydrogens (tertiary/aromatic N) is 2. The number of halogens is 2. The maximum absolute atomic E-state index is 5.81. The van der Waals surface area contributed by atoms with Crippen LogP contribution in [0.15, 0.2) is 36.5 Å². The summed E-state index contributed by atoms with van der Waals surface area (Å²) in [5, 5.41) is 1.22. The molecule has 0 aliphatic rings. The van der Waals surface area contributed by atoms with Gasteiger partial charge in [-0.15, -0.1) is 12.4 Å². The molecule has 2 N–H and O–H groups in total. The first-order chi connectivity index (χ1) is 8.22. The first kappa shape index (κ1) is 13.1. The van der Waals surface area contributed by atoms with Gasteiger partial charge in [-0.05, 0) is 24.3 Å². The highest BCUT2D eigenvalue weighted by atomic mass is 35.5. The van der Waals surface area contributed by atoms with Gasteiger partial charge in [0, 0.05) is 11.8 Å². The first-order valence-corrected chi connectivity index (χ1v) is 6.20. The molecular weight excluding hydrogens is 289 g/mol. The summed E-state index contributed by atoms with van der Waals surface area (Å²) in [6.45, 7) is 0. The van der Waals surface area contributed by atoms with Crippen LogP contribution in [0.25, 0.3) is 21.5 Å². The van der Waals surface area contributed by atoms with Crippen LogP contribution in [0.1, 0.15) is 0 Å². The Morgan fingerprint density at radius 3 is 2.72 bits per heavy atom. The van der Waals surface area contributed by atoms with E-state index in [9.17, 15) is 0 Å². The third-order valence-corrected chi connectivity index (χ3v) is 3.50. The van der Waals surface area contributed by atoms with Gasteiger partial charge in [0.2, 0.25) is 0 Å². The summed E-state index contributed by atoms with van der Waals surface area (Å²) in [6.07, 6.45) is 1.64. The summed E-state index contributed by atoms with van der Waals surface area (Å²) in [5.41, 5.74) is 8.53. The molecule has 0 saturated heterocycles. The van der Waals surface area contributed by atoms with Crippen molar-refractivity contribution in [1.82, 2.24) is 9.97 Å². The van der Waals surface area contributed by atoms with Gasteiger partial charge in [-0.25, -0.2) is 4.98 Å². The van der Waals surface area contributed by atoms with Crippen LogP contribution in [0, 0.1) is 0 Å². The van der Waals surface area contributed by atoms with E-state index in [4.69, 9.17) is 17.3 Å². The quantitative estimate of drug-likeness (QED) is 0.738. The average Bonchev–Trinajstić information content (AvgIpc) is 2.69. The van der Waals surface area contributed by atoms with Crippen LogP contribution in [-0.2, 0) is 0 Å². The maximum atomic E-state index is 5.81. The van der Waals surface area contributed by atoms with E-state index in [-0.39, 0.29) is 12.4 Å². The fourth-order valence-corrected chi connectivity index (χ4v) is 2.53. The first-order valence-electron chi connectivity index (χ1n) is 5.00. The van der Waals surface area contributed by atoms with E-state index in [1.54, 1.807) is 6.20 Å². The molecule has 0 fully saturated rings. The van der Waals surface area contributed by atoms with E-state index in [0.29, 0.717) is 10.2 Å². The Labute approximate surface area is 119 Å². The molecule has 3 nitrogen and oxygen atoms in total. The summed E-state index contributed by atoms with van der Waals surface area (Å²) in [5.74, 6) is 0. The Morgan fingerprint density at radius 2 is 2.00 bits per heavy atom. The zero-order valence-corrected chi connectivity index (χ0v) is 11.5. The van der Waals surface area contributed by atoms with Crippen LogP contribution in [0.3, 0.4) is 0 Å². The summed E-state index contributed by atoms with van der Waals surface area (Å²) in [6, 6.07) is 9.70. The molecule has 0 radical (unpaired) electrons. The van der Waals surface area contributed by atoms with E-state index in [0.717, 1.165) is 21.5 Å². The Balaban J connectivity index is 0.00000120. The molecular formula is C12H9Cl2N3S. The zero-order valence-electron chi connectivity index (χ0n) is 9.13. The number of rotatable bonds is 1. The minimum Gasteiger partial charge on any atom is -0.375 e. The highest BCUT2D eigenvalue weighted by molar-refractivity contribution is 7.22. The number of aromatic nitrogens is 2. The number of pyridine rings is 1. The highest BCUT2D eigenvalue weighted by Gasteiger charge is 2.04. The van der Waals surface area contributed by atoms with Crippen molar-refractivity contribution in [3.63, 3.8) is 0 Å². The smallest absolute Gasteiger partial charge is 0.181 e. The molecule has 0 spiro atoms. The molecule has 0 atom stereocenters. The molecule has 2 aromatic heterocycles. The molecule has 0 unspecified atom stereocenters. The fourth-order valence-electron chi connectivity index (χ4n) is 1.65. The summed E-state index contributed by atoms with van der Waals surface area (Å²) >= 11 is 7.29. The third kappa shape index (κ3) is 2.41. The SMILES string of the molecule is Cl.Nc1nc2ccc(-c3ccc(Cl)cn3)cc2s1. The number of nitrogen functional groups attached to an aromatic ring is 1. The maximum Gasteiger partial charge on any atom is 0.181 e. The van der Waals surface area contributed by atoms with Crippen molar-refractivity contribution in [1.29, 1.82) is 0 Å². The standard InChI is InChI=1S/C12H8ClN3S.ClH/c13-8-2-4-9(15-6-8)7-1-3-10-11(5-7)17-12(14)16-10;/h1-6H,(H2,14,16);1H. The minimum atomic E-state index is 0. The topological polar surface area (TPSA) is 51.8 Å². The lowest BCUT2D eigenvalue weighted by atomic mass is 10.1. The lowest BCUT2D eigenvalue weighted by molar-refractivity contribution is 1.33. The Morgan fingerprint density at radius 1 is 1.17 bits per heavy atom. The van der Waals surface area contributed by atoms with Gasteiger partial charge in [0.15, 0.2) is 5.13 Å². The van der Waals surface area contributed by atoms with E-state index in [1.165, 1.54) is 11.3 Å². The van der Waals surface area contributed by atoms with E-state index < -0.39 is 0 Å². The van der Waals surface area contributed by atoms with Crippen LogP contribution in [0.5, 0.6) is 0 Å². The summed E-state index contributed by atoms with van der Waals surface area (Å²) in [4.78, 5) is 8.50. The Kier molecular flexibility index (Phi) is 3.71. The highest BCUT2D eigenvalue weighted by Crippen LogP contribution is 2.28.